The van der Waals surface area contributed by atoms with Crippen LogP contribution in [0.3, 0.4) is 0 Å². The van der Waals surface area contributed by atoms with E-state index in [2.05, 4.69) is 4.98 Å². The summed E-state index contributed by atoms with van der Waals surface area (Å²) in [4.78, 5) is 18.8. The first-order chi connectivity index (χ1) is 13.7. The number of rotatable bonds is 6. The van der Waals surface area contributed by atoms with Crippen molar-refractivity contribution in [3.63, 3.8) is 0 Å². The fourth-order valence-corrected chi connectivity index (χ4v) is 3.30. The molecule has 2 aromatic carbocycles. The molecule has 6 nitrogen and oxygen atoms in total. The summed E-state index contributed by atoms with van der Waals surface area (Å²) in [6, 6.07) is 19.1. The molecule has 1 aliphatic heterocycles. The summed E-state index contributed by atoms with van der Waals surface area (Å²) in [7, 11) is 1.58. The lowest BCUT2D eigenvalue weighted by Crippen LogP contribution is -2.34. The van der Waals surface area contributed by atoms with Gasteiger partial charge in [-0.2, -0.15) is 0 Å². The van der Waals surface area contributed by atoms with Crippen molar-refractivity contribution in [1.29, 1.82) is 0 Å². The first kappa shape index (κ1) is 18.1. The molecule has 144 valence electrons. The minimum absolute atomic E-state index is 0.0265. The zero-order valence-corrected chi connectivity index (χ0v) is 15.7. The van der Waals surface area contributed by atoms with Crippen LogP contribution in [0.1, 0.15) is 6.42 Å². The van der Waals surface area contributed by atoms with Gasteiger partial charge in [-0.25, -0.2) is 4.98 Å². The second-order valence-corrected chi connectivity index (χ2v) is 6.65. The number of para-hydroxylation sites is 3. The van der Waals surface area contributed by atoms with Gasteiger partial charge in [0.25, 0.3) is 5.91 Å². The summed E-state index contributed by atoms with van der Waals surface area (Å²) in [5.41, 5.74) is 0.899. The van der Waals surface area contributed by atoms with Gasteiger partial charge in [-0.05, 0) is 24.3 Å². The third-order valence-electron chi connectivity index (χ3n) is 4.78. The average molecular weight is 378 g/mol. The summed E-state index contributed by atoms with van der Waals surface area (Å²) >= 11 is 0. The van der Waals surface area contributed by atoms with Gasteiger partial charge in [0.2, 0.25) is 5.88 Å². The molecular weight excluding hydrogens is 356 g/mol. The lowest BCUT2D eigenvalue weighted by Gasteiger charge is -2.18. The number of methoxy groups -OCH3 is 1. The number of carbonyl (C=O) groups is 1. The number of ether oxygens (including phenoxy) is 3. The zero-order valence-electron chi connectivity index (χ0n) is 15.7. The predicted octanol–water partition coefficient (Wildman–Crippen LogP) is 3.30. The smallest absolute Gasteiger partial charge is 0.260 e. The van der Waals surface area contributed by atoms with E-state index < -0.39 is 0 Å². The molecule has 1 amide bonds. The number of aromatic nitrogens is 1. The second kappa shape index (κ2) is 8.17. The van der Waals surface area contributed by atoms with Crippen LogP contribution in [-0.2, 0) is 4.79 Å². The molecule has 0 unspecified atom stereocenters. The number of nitrogens with zero attached hydrogens (tertiary/aromatic N) is 2. The molecule has 1 atom stereocenters. The van der Waals surface area contributed by atoms with Crippen molar-refractivity contribution in [2.45, 2.75) is 12.5 Å². The Labute approximate surface area is 163 Å². The van der Waals surface area contributed by atoms with E-state index in [0.29, 0.717) is 30.5 Å². The third-order valence-corrected chi connectivity index (χ3v) is 4.78. The molecule has 0 N–H and O–H groups in total. The number of benzene rings is 2. The third kappa shape index (κ3) is 4.01. The fourth-order valence-electron chi connectivity index (χ4n) is 3.30. The molecule has 1 aliphatic rings. The van der Waals surface area contributed by atoms with Crippen LogP contribution in [0.25, 0.3) is 10.9 Å². The molecule has 0 bridgehead atoms. The van der Waals surface area contributed by atoms with Crippen LogP contribution in [0.15, 0.2) is 60.7 Å². The van der Waals surface area contributed by atoms with Gasteiger partial charge in [0, 0.05) is 24.4 Å². The SMILES string of the molecule is COc1ccccc1OCC(=O)N1CC[C@@H](Oc2ccc3ccccc3n2)C1. The van der Waals surface area contributed by atoms with E-state index >= 15 is 0 Å². The molecular formula is C22H22N2O4. The Balaban J connectivity index is 1.32. The van der Waals surface area contributed by atoms with Crippen molar-refractivity contribution >= 4 is 16.8 Å². The maximum atomic E-state index is 12.5. The number of likely N-dealkylation sites (tertiary alicyclic amines) is 1. The van der Waals surface area contributed by atoms with Crippen molar-refractivity contribution in [2.24, 2.45) is 0 Å². The molecule has 1 aromatic heterocycles. The number of fused-ring (bicyclic) bond motifs is 1. The van der Waals surface area contributed by atoms with Crippen LogP contribution < -0.4 is 14.2 Å². The van der Waals surface area contributed by atoms with Gasteiger partial charge in [0.05, 0.1) is 19.2 Å². The summed E-state index contributed by atoms with van der Waals surface area (Å²) < 4.78 is 16.9. The van der Waals surface area contributed by atoms with Crippen molar-refractivity contribution in [2.75, 3.05) is 26.8 Å². The molecule has 3 aromatic rings. The van der Waals surface area contributed by atoms with E-state index in [0.717, 1.165) is 17.3 Å². The quantitative estimate of drug-likeness (QED) is 0.659. The van der Waals surface area contributed by atoms with Crippen LogP contribution in [0.4, 0.5) is 0 Å². The van der Waals surface area contributed by atoms with Crippen LogP contribution in [0.5, 0.6) is 17.4 Å². The van der Waals surface area contributed by atoms with E-state index in [9.17, 15) is 4.79 Å². The highest BCUT2D eigenvalue weighted by molar-refractivity contribution is 5.79. The van der Waals surface area contributed by atoms with Crippen LogP contribution in [0, 0.1) is 0 Å². The summed E-state index contributed by atoms with van der Waals surface area (Å²) in [6.45, 7) is 1.15. The highest BCUT2D eigenvalue weighted by Crippen LogP contribution is 2.26. The molecule has 4 rings (SSSR count). The minimum atomic E-state index is -0.0662. The van der Waals surface area contributed by atoms with Crippen LogP contribution >= 0.6 is 0 Å². The fraction of sp³-hybridized carbons (Fsp3) is 0.273. The number of carbonyl (C=O) groups excluding carboxylic acids is 1. The number of hydrogen-bond donors (Lipinski definition) is 0. The van der Waals surface area contributed by atoms with E-state index in [1.54, 1.807) is 24.1 Å². The Kier molecular flexibility index (Phi) is 5.28. The lowest BCUT2D eigenvalue weighted by atomic mass is 10.2. The average Bonchev–Trinajstić information content (AvgIpc) is 3.20. The molecule has 0 saturated carbocycles. The number of hydrogen-bond acceptors (Lipinski definition) is 5. The Bertz CT molecular complexity index is 975. The number of amides is 1. The minimum Gasteiger partial charge on any atom is -0.493 e. The molecule has 2 heterocycles. The first-order valence-corrected chi connectivity index (χ1v) is 9.29. The Morgan fingerprint density at radius 2 is 1.86 bits per heavy atom. The van der Waals surface area contributed by atoms with Gasteiger partial charge in [-0.3, -0.25) is 4.79 Å². The summed E-state index contributed by atoms with van der Waals surface area (Å²) in [5.74, 6) is 1.69. The maximum absolute atomic E-state index is 12.5. The van der Waals surface area contributed by atoms with E-state index in [1.807, 2.05) is 48.5 Å². The van der Waals surface area contributed by atoms with Crippen molar-refractivity contribution in [1.82, 2.24) is 9.88 Å². The molecule has 1 saturated heterocycles. The van der Waals surface area contributed by atoms with Gasteiger partial charge < -0.3 is 19.1 Å². The predicted molar refractivity (Wildman–Crippen MR) is 106 cm³/mol. The molecule has 0 radical (unpaired) electrons. The van der Waals surface area contributed by atoms with Gasteiger partial charge >= 0.3 is 0 Å². The molecule has 1 fully saturated rings. The Morgan fingerprint density at radius 3 is 2.71 bits per heavy atom. The van der Waals surface area contributed by atoms with Gasteiger partial charge in [-0.1, -0.05) is 30.3 Å². The molecule has 0 spiro atoms. The van der Waals surface area contributed by atoms with E-state index in [4.69, 9.17) is 14.2 Å². The molecule has 0 aliphatic carbocycles. The van der Waals surface area contributed by atoms with Crippen LogP contribution in [-0.4, -0.2) is 48.7 Å². The van der Waals surface area contributed by atoms with Gasteiger partial charge in [0.15, 0.2) is 18.1 Å². The van der Waals surface area contributed by atoms with Gasteiger partial charge in [0.1, 0.15) is 6.10 Å². The number of pyridine rings is 1. The summed E-state index contributed by atoms with van der Waals surface area (Å²) in [5, 5.41) is 1.08. The van der Waals surface area contributed by atoms with E-state index in [-0.39, 0.29) is 18.6 Å². The second-order valence-electron chi connectivity index (χ2n) is 6.65. The van der Waals surface area contributed by atoms with Gasteiger partial charge in [-0.15, -0.1) is 0 Å². The highest BCUT2D eigenvalue weighted by Gasteiger charge is 2.28. The van der Waals surface area contributed by atoms with Crippen LogP contribution in [0.2, 0.25) is 0 Å². The first-order valence-electron chi connectivity index (χ1n) is 9.29. The van der Waals surface area contributed by atoms with E-state index in [1.165, 1.54) is 0 Å². The normalized spacial score (nSPS) is 16.2. The Morgan fingerprint density at radius 1 is 1.07 bits per heavy atom. The monoisotopic (exact) mass is 378 g/mol. The summed E-state index contributed by atoms with van der Waals surface area (Å²) in [6.07, 6.45) is 0.707. The zero-order chi connectivity index (χ0) is 19.3. The largest absolute Gasteiger partial charge is 0.493 e. The molecule has 6 heteroatoms. The Hall–Kier alpha value is -3.28. The highest BCUT2D eigenvalue weighted by atomic mass is 16.5. The topological polar surface area (TPSA) is 60.9 Å². The van der Waals surface area contributed by atoms with Crippen molar-refractivity contribution in [3.05, 3.63) is 60.7 Å². The maximum Gasteiger partial charge on any atom is 0.260 e. The van der Waals surface area contributed by atoms with Crippen molar-refractivity contribution < 1.29 is 19.0 Å². The van der Waals surface area contributed by atoms with Crippen molar-refractivity contribution in [3.8, 4) is 17.4 Å². The lowest BCUT2D eigenvalue weighted by molar-refractivity contribution is -0.132. The molecule has 28 heavy (non-hydrogen) atoms. The standard InChI is InChI=1S/C22H22N2O4/c1-26-19-8-4-5-9-20(19)27-15-22(25)24-13-12-17(14-24)28-21-11-10-16-6-2-3-7-18(16)23-21/h2-11,17H,12-15H2,1H3/t17-/m1/s1.